The van der Waals surface area contributed by atoms with Gasteiger partial charge in [0.05, 0.1) is 0 Å². The Bertz CT molecular complexity index is 269. The Morgan fingerprint density at radius 1 is 0.933 bits per heavy atom. The molecule has 0 aromatic heterocycles. The van der Waals surface area contributed by atoms with E-state index in [1.165, 1.54) is 0 Å². The van der Waals surface area contributed by atoms with Crippen LogP contribution < -0.4 is 0 Å². The van der Waals surface area contributed by atoms with E-state index in [0.29, 0.717) is 0 Å². The zero-order valence-corrected chi connectivity index (χ0v) is 10.9. The molecule has 0 aliphatic heterocycles. The molecule has 1 aromatic rings. The summed E-state index contributed by atoms with van der Waals surface area (Å²) < 4.78 is 31.7. The highest BCUT2D eigenvalue weighted by Gasteiger charge is 2.51. The predicted octanol–water partition coefficient (Wildman–Crippen LogP) is 5.37. The van der Waals surface area contributed by atoms with E-state index in [9.17, 15) is 13.2 Å². The molecule has 0 unspecified atom stereocenters. The van der Waals surface area contributed by atoms with E-state index in [2.05, 4.69) is 50.7 Å². The summed E-state index contributed by atoms with van der Waals surface area (Å²) in [5.74, 6) is 0. The molecule has 7 heteroatoms. The average molecular weight is 344 g/mol. The monoisotopic (exact) mass is 342 g/mol. The summed E-state index contributed by atoms with van der Waals surface area (Å²) in [6, 6.07) is 9.97. The molecule has 0 amide bonds. The first-order chi connectivity index (χ1) is 6.64. The Kier molecular flexibility index (Phi) is 6.33. The van der Waals surface area contributed by atoms with E-state index in [0.717, 1.165) is 4.47 Å². The van der Waals surface area contributed by atoms with Crippen molar-refractivity contribution in [3.63, 3.8) is 0 Å². The Hall–Kier alpha value is 0.360. The number of hydrogen-bond donors (Lipinski definition) is 0. The quantitative estimate of drug-likeness (QED) is 0.601. The summed E-state index contributed by atoms with van der Waals surface area (Å²) in [5, 5.41) is -4.23. The van der Waals surface area contributed by atoms with Crippen LogP contribution in [0.4, 0.5) is 13.2 Å². The number of alkyl halides is 6. The van der Waals surface area contributed by atoms with Crippen LogP contribution in [0.25, 0.3) is 0 Å². The average Bonchev–Trinajstić information content (AvgIpc) is 2.02. The molecule has 1 aromatic carbocycles. The van der Waals surface area contributed by atoms with Gasteiger partial charge >= 0.3 is 9.97 Å². The van der Waals surface area contributed by atoms with Gasteiger partial charge in [0.2, 0.25) is 0 Å². The lowest BCUT2D eigenvalue weighted by molar-refractivity contribution is 0.0241. The van der Waals surface area contributed by atoms with E-state index in [4.69, 9.17) is 0 Å². The molecular weight excluding hydrogens is 339 g/mol. The zero-order valence-electron chi connectivity index (χ0n) is 7.03. The highest BCUT2D eigenvalue weighted by atomic mass is 79.9. The molecule has 0 saturated carbocycles. The SMILES string of the molecule is Brc1ccccc1.FC(F)(Cl)C(F)(Cl)Cl. The molecule has 0 atom stereocenters. The van der Waals surface area contributed by atoms with Crippen molar-refractivity contribution in [1.82, 2.24) is 0 Å². The van der Waals surface area contributed by atoms with Gasteiger partial charge in [-0.2, -0.15) is 13.2 Å². The number of rotatable bonds is 1. The van der Waals surface area contributed by atoms with E-state index in [-0.39, 0.29) is 0 Å². The predicted molar refractivity (Wildman–Crippen MR) is 60.5 cm³/mol. The molecule has 0 heterocycles. The normalized spacial score (nSPS) is 11.7. The number of benzene rings is 1. The molecule has 0 aliphatic carbocycles. The maximum atomic E-state index is 11.5. The summed E-state index contributed by atoms with van der Waals surface area (Å²) in [6.07, 6.45) is 0. The maximum absolute atomic E-state index is 11.5. The Labute approximate surface area is 108 Å². The molecule has 0 spiro atoms. The molecule has 0 N–H and O–H groups in total. The summed E-state index contributed by atoms with van der Waals surface area (Å²) in [6.45, 7) is 0. The molecule has 1 rings (SSSR count). The number of hydrogen-bond acceptors (Lipinski definition) is 0. The first kappa shape index (κ1) is 15.4. The molecule has 0 aliphatic rings. The van der Waals surface area contributed by atoms with E-state index >= 15 is 0 Å². The van der Waals surface area contributed by atoms with Gasteiger partial charge in [-0.25, -0.2) is 0 Å². The molecular formula is C8H5BrCl3F3. The van der Waals surface area contributed by atoms with Crippen LogP contribution in [0.2, 0.25) is 0 Å². The van der Waals surface area contributed by atoms with Crippen LogP contribution in [-0.4, -0.2) is 9.97 Å². The number of halogens is 7. The fourth-order valence-corrected chi connectivity index (χ4v) is 0.720. The highest BCUT2D eigenvalue weighted by molar-refractivity contribution is 9.10. The van der Waals surface area contributed by atoms with E-state index in [1.54, 1.807) is 0 Å². The smallest absolute Gasteiger partial charge is 0.199 e. The Morgan fingerprint density at radius 2 is 1.27 bits per heavy atom. The molecule has 0 saturated heterocycles. The Balaban J connectivity index is 0.000000262. The second kappa shape index (κ2) is 6.18. The lowest BCUT2D eigenvalue weighted by atomic mass is 10.4. The second-order valence-electron chi connectivity index (χ2n) is 2.29. The van der Waals surface area contributed by atoms with Gasteiger partial charge in [-0.3, -0.25) is 0 Å². The molecule has 0 bridgehead atoms. The molecule has 0 fully saturated rings. The van der Waals surface area contributed by atoms with Crippen molar-refractivity contribution in [2.45, 2.75) is 9.97 Å². The topological polar surface area (TPSA) is 0 Å². The summed E-state index contributed by atoms with van der Waals surface area (Å²) in [7, 11) is 0. The van der Waals surface area contributed by atoms with Gasteiger partial charge in [-0.15, -0.1) is 0 Å². The third kappa shape index (κ3) is 7.28. The van der Waals surface area contributed by atoms with E-state index < -0.39 is 9.97 Å². The van der Waals surface area contributed by atoms with Crippen molar-refractivity contribution >= 4 is 50.7 Å². The minimum absolute atomic E-state index is 1.13. The van der Waals surface area contributed by atoms with Crippen LogP contribution in [0.1, 0.15) is 0 Å². The van der Waals surface area contributed by atoms with Gasteiger partial charge in [0.25, 0.3) is 0 Å². The molecule has 0 radical (unpaired) electrons. The van der Waals surface area contributed by atoms with Crippen LogP contribution >= 0.6 is 50.7 Å². The second-order valence-corrected chi connectivity index (χ2v) is 4.92. The van der Waals surface area contributed by atoms with Crippen LogP contribution in [-0.2, 0) is 0 Å². The zero-order chi connectivity index (χ0) is 12.1. The summed E-state index contributed by atoms with van der Waals surface area (Å²) in [5.41, 5.74) is 0. The summed E-state index contributed by atoms with van der Waals surface area (Å²) in [4.78, 5) is 0. The van der Waals surface area contributed by atoms with Gasteiger partial charge < -0.3 is 0 Å². The lowest BCUT2D eigenvalue weighted by Crippen LogP contribution is -2.27. The molecule has 15 heavy (non-hydrogen) atoms. The van der Waals surface area contributed by atoms with Gasteiger partial charge in [-0.1, -0.05) is 57.3 Å². The van der Waals surface area contributed by atoms with Crippen molar-refractivity contribution in [3.05, 3.63) is 34.8 Å². The highest BCUT2D eigenvalue weighted by Crippen LogP contribution is 2.42. The third-order valence-electron chi connectivity index (χ3n) is 1.05. The minimum Gasteiger partial charge on any atom is -0.199 e. The maximum Gasteiger partial charge on any atom is 0.383 e. The fraction of sp³-hybridized carbons (Fsp3) is 0.250. The van der Waals surface area contributed by atoms with Crippen molar-refractivity contribution in [2.75, 3.05) is 0 Å². The van der Waals surface area contributed by atoms with Crippen LogP contribution in [0.3, 0.4) is 0 Å². The van der Waals surface area contributed by atoms with Crippen LogP contribution in [0.15, 0.2) is 34.8 Å². The van der Waals surface area contributed by atoms with Gasteiger partial charge in [0.1, 0.15) is 0 Å². The standard InChI is InChI=1S/C6H5Br.C2Cl3F3/c7-6-4-2-1-3-5-6;3-1(4,6)2(5,7)8/h1-5H;. The van der Waals surface area contributed by atoms with Crippen LogP contribution in [0.5, 0.6) is 0 Å². The Morgan fingerprint density at radius 3 is 1.40 bits per heavy atom. The van der Waals surface area contributed by atoms with Gasteiger partial charge in [-0.05, 0) is 23.7 Å². The van der Waals surface area contributed by atoms with E-state index in [1.807, 2.05) is 30.3 Å². The van der Waals surface area contributed by atoms with Crippen molar-refractivity contribution in [2.24, 2.45) is 0 Å². The van der Waals surface area contributed by atoms with Gasteiger partial charge in [0, 0.05) is 4.47 Å². The largest absolute Gasteiger partial charge is 0.383 e. The van der Waals surface area contributed by atoms with Crippen molar-refractivity contribution in [3.8, 4) is 0 Å². The molecule has 86 valence electrons. The van der Waals surface area contributed by atoms with Gasteiger partial charge in [0.15, 0.2) is 0 Å². The van der Waals surface area contributed by atoms with Crippen LogP contribution in [0, 0.1) is 0 Å². The summed E-state index contributed by atoms with van der Waals surface area (Å²) >= 11 is 15.8. The fourth-order valence-electron chi connectivity index (χ4n) is 0.415. The van der Waals surface area contributed by atoms with Crippen molar-refractivity contribution < 1.29 is 13.2 Å². The van der Waals surface area contributed by atoms with Crippen molar-refractivity contribution in [1.29, 1.82) is 0 Å². The molecule has 0 nitrogen and oxygen atoms in total. The third-order valence-corrected chi connectivity index (χ3v) is 2.51. The first-order valence-electron chi connectivity index (χ1n) is 3.48. The minimum atomic E-state index is -4.23. The lowest BCUT2D eigenvalue weighted by Gasteiger charge is -2.13. The first-order valence-corrected chi connectivity index (χ1v) is 5.41.